The summed E-state index contributed by atoms with van der Waals surface area (Å²) in [5.41, 5.74) is 2.65. The predicted octanol–water partition coefficient (Wildman–Crippen LogP) is 3.40. The second-order valence-electron chi connectivity index (χ2n) is 7.06. The van der Waals surface area contributed by atoms with Crippen molar-refractivity contribution in [3.63, 3.8) is 0 Å². The van der Waals surface area contributed by atoms with Crippen LogP contribution < -0.4 is 5.32 Å². The lowest BCUT2D eigenvalue weighted by atomic mass is 10.1. The van der Waals surface area contributed by atoms with Crippen molar-refractivity contribution >= 4 is 29.2 Å². The third-order valence-electron chi connectivity index (χ3n) is 5.14. The van der Waals surface area contributed by atoms with Crippen molar-refractivity contribution in [2.75, 3.05) is 19.7 Å². The van der Waals surface area contributed by atoms with Crippen LogP contribution in [0.3, 0.4) is 0 Å². The van der Waals surface area contributed by atoms with Crippen molar-refractivity contribution in [3.05, 3.63) is 53.3 Å². The van der Waals surface area contributed by atoms with E-state index in [0.717, 1.165) is 11.3 Å². The number of nitrogens with zero attached hydrogens (tertiary/aromatic N) is 4. The number of carbonyl (C=O) groups is 2. The van der Waals surface area contributed by atoms with Crippen molar-refractivity contribution in [2.24, 2.45) is 0 Å². The lowest BCUT2D eigenvalue weighted by molar-refractivity contribution is 0.0861. The number of nitrogens with one attached hydrogen (secondary N) is 1. The Morgan fingerprint density at radius 3 is 2.63 bits per heavy atom. The van der Waals surface area contributed by atoms with Crippen molar-refractivity contribution in [1.82, 2.24) is 24.8 Å². The zero-order valence-electron chi connectivity index (χ0n) is 16.5. The average Bonchev–Trinajstić information content (AvgIpc) is 3.19. The Labute approximate surface area is 178 Å². The Balaban J connectivity index is 1.48. The molecule has 0 saturated carbocycles. The highest BCUT2D eigenvalue weighted by molar-refractivity contribution is 6.30. The molecule has 0 aliphatic carbocycles. The summed E-state index contributed by atoms with van der Waals surface area (Å²) in [7, 11) is 0. The summed E-state index contributed by atoms with van der Waals surface area (Å²) in [6.45, 7) is 3.25. The molecule has 4 rings (SSSR count). The fourth-order valence-corrected chi connectivity index (χ4v) is 3.70. The molecule has 1 saturated heterocycles. The highest BCUT2D eigenvalue weighted by atomic mass is 35.5. The van der Waals surface area contributed by atoms with E-state index in [4.69, 9.17) is 16.3 Å². The SMILES string of the molecule is CCOC(=O)N1CCC(NC(=O)c2cnn3c(-c4ccc(Cl)cc4)ccnc23)CC1. The fourth-order valence-electron chi connectivity index (χ4n) is 3.58. The summed E-state index contributed by atoms with van der Waals surface area (Å²) < 4.78 is 6.69. The molecule has 0 unspecified atom stereocenters. The maximum atomic E-state index is 12.9. The zero-order valence-corrected chi connectivity index (χ0v) is 17.3. The summed E-state index contributed by atoms with van der Waals surface area (Å²) in [5.74, 6) is -0.222. The number of piperidine rings is 1. The minimum atomic E-state index is -0.302. The van der Waals surface area contributed by atoms with E-state index in [1.165, 1.54) is 6.20 Å². The van der Waals surface area contributed by atoms with Gasteiger partial charge in [0.1, 0.15) is 5.56 Å². The molecular weight excluding hydrogens is 406 g/mol. The first-order valence-corrected chi connectivity index (χ1v) is 10.3. The third kappa shape index (κ3) is 4.09. The maximum Gasteiger partial charge on any atom is 0.409 e. The number of ether oxygens (including phenoxy) is 1. The van der Waals surface area contributed by atoms with Gasteiger partial charge in [0, 0.05) is 35.9 Å². The number of fused-ring (bicyclic) bond motifs is 1. The molecule has 0 atom stereocenters. The fraction of sp³-hybridized carbons (Fsp3) is 0.333. The van der Waals surface area contributed by atoms with Gasteiger partial charge in [-0.2, -0.15) is 5.10 Å². The van der Waals surface area contributed by atoms with Crippen molar-refractivity contribution in [3.8, 4) is 11.3 Å². The van der Waals surface area contributed by atoms with Gasteiger partial charge in [-0.05, 0) is 38.0 Å². The summed E-state index contributed by atoms with van der Waals surface area (Å²) in [4.78, 5) is 30.7. The number of halogens is 1. The smallest absolute Gasteiger partial charge is 0.409 e. The van der Waals surface area contributed by atoms with Crippen LogP contribution in [0.15, 0.2) is 42.7 Å². The van der Waals surface area contributed by atoms with E-state index in [-0.39, 0.29) is 18.0 Å². The zero-order chi connectivity index (χ0) is 21.1. The van der Waals surface area contributed by atoms with E-state index in [2.05, 4.69) is 15.4 Å². The molecule has 0 spiro atoms. The van der Waals surface area contributed by atoms with Crippen LogP contribution in [0.5, 0.6) is 0 Å². The molecule has 30 heavy (non-hydrogen) atoms. The van der Waals surface area contributed by atoms with Crippen LogP contribution in [0.1, 0.15) is 30.1 Å². The van der Waals surface area contributed by atoms with Gasteiger partial charge in [-0.3, -0.25) is 4.79 Å². The standard InChI is InChI=1S/C21H22ClN5O3/c1-2-30-21(29)26-11-8-16(9-12-26)25-20(28)17-13-24-27-18(7-10-23-19(17)27)14-3-5-15(22)6-4-14/h3-7,10,13,16H,2,8-9,11-12H2,1H3,(H,25,28). The van der Waals surface area contributed by atoms with E-state index < -0.39 is 0 Å². The van der Waals surface area contributed by atoms with Crippen LogP contribution in [-0.4, -0.2) is 57.2 Å². The highest BCUT2D eigenvalue weighted by Crippen LogP contribution is 2.23. The highest BCUT2D eigenvalue weighted by Gasteiger charge is 2.26. The van der Waals surface area contributed by atoms with Gasteiger partial charge in [-0.15, -0.1) is 0 Å². The largest absolute Gasteiger partial charge is 0.450 e. The molecular formula is C21H22ClN5O3. The topological polar surface area (TPSA) is 88.8 Å². The van der Waals surface area contributed by atoms with E-state index in [9.17, 15) is 9.59 Å². The Morgan fingerprint density at radius 2 is 1.93 bits per heavy atom. The molecule has 9 heteroatoms. The average molecular weight is 428 g/mol. The number of hydrogen-bond donors (Lipinski definition) is 1. The molecule has 156 valence electrons. The summed E-state index contributed by atoms with van der Waals surface area (Å²) in [6, 6.07) is 9.24. The normalized spacial score (nSPS) is 14.7. The van der Waals surface area contributed by atoms with E-state index in [1.807, 2.05) is 30.3 Å². The van der Waals surface area contributed by atoms with Crippen LogP contribution in [0.2, 0.25) is 5.02 Å². The number of likely N-dealkylation sites (tertiary alicyclic amines) is 1. The Hall–Kier alpha value is -3.13. The molecule has 1 aliphatic heterocycles. The van der Waals surface area contributed by atoms with Crippen LogP contribution in [0.4, 0.5) is 4.79 Å². The summed E-state index contributed by atoms with van der Waals surface area (Å²) >= 11 is 5.98. The van der Waals surface area contributed by atoms with Gasteiger partial charge in [0.25, 0.3) is 5.91 Å². The first kappa shape index (κ1) is 20.2. The second kappa shape index (κ2) is 8.71. The lowest BCUT2D eigenvalue weighted by Gasteiger charge is -2.31. The van der Waals surface area contributed by atoms with E-state index >= 15 is 0 Å². The van der Waals surface area contributed by atoms with Gasteiger partial charge in [0.2, 0.25) is 0 Å². The number of rotatable bonds is 4. The monoisotopic (exact) mass is 427 g/mol. The summed E-state index contributed by atoms with van der Waals surface area (Å²) in [5, 5.41) is 8.07. The quantitative estimate of drug-likeness (QED) is 0.689. The molecule has 0 radical (unpaired) electrons. The van der Waals surface area contributed by atoms with Crippen LogP contribution in [0.25, 0.3) is 16.9 Å². The van der Waals surface area contributed by atoms with Crippen LogP contribution >= 0.6 is 11.6 Å². The molecule has 1 aromatic carbocycles. The van der Waals surface area contributed by atoms with Crippen molar-refractivity contribution in [1.29, 1.82) is 0 Å². The van der Waals surface area contributed by atoms with Gasteiger partial charge < -0.3 is 15.0 Å². The van der Waals surface area contributed by atoms with Gasteiger partial charge in [0.15, 0.2) is 5.65 Å². The first-order chi connectivity index (χ1) is 14.6. The van der Waals surface area contributed by atoms with Crippen molar-refractivity contribution < 1.29 is 14.3 Å². The van der Waals surface area contributed by atoms with E-state index in [1.54, 1.807) is 22.5 Å². The molecule has 2 amide bonds. The molecule has 1 N–H and O–H groups in total. The molecule has 1 aliphatic rings. The van der Waals surface area contributed by atoms with Crippen LogP contribution in [-0.2, 0) is 4.74 Å². The molecule has 0 bridgehead atoms. The van der Waals surface area contributed by atoms with Gasteiger partial charge in [-0.25, -0.2) is 14.3 Å². The third-order valence-corrected chi connectivity index (χ3v) is 5.39. The van der Waals surface area contributed by atoms with Gasteiger partial charge in [-0.1, -0.05) is 23.7 Å². The Bertz CT molecular complexity index is 1060. The van der Waals surface area contributed by atoms with Crippen LogP contribution in [0, 0.1) is 0 Å². The number of amides is 2. The summed E-state index contributed by atoms with van der Waals surface area (Å²) in [6.07, 6.45) is 4.24. The molecule has 3 heterocycles. The number of aromatic nitrogens is 3. The minimum Gasteiger partial charge on any atom is -0.450 e. The Morgan fingerprint density at radius 1 is 1.20 bits per heavy atom. The molecule has 2 aromatic heterocycles. The molecule has 1 fully saturated rings. The first-order valence-electron chi connectivity index (χ1n) is 9.88. The molecule has 8 nitrogen and oxygen atoms in total. The lowest BCUT2D eigenvalue weighted by Crippen LogP contribution is -2.46. The maximum absolute atomic E-state index is 12.9. The second-order valence-corrected chi connectivity index (χ2v) is 7.50. The predicted molar refractivity (Wildman–Crippen MR) is 113 cm³/mol. The number of hydrogen-bond acceptors (Lipinski definition) is 5. The number of benzene rings is 1. The van der Waals surface area contributed by atoms with E-state index in [0.29, 0.717) is 48.8 Å². The Kier molecular flexibility index (Phi) is 5.85. The number of carbonyl (C=O) groups excluding carboxylic acids is 2. The van der Waals surface area contributed by atoms with Gasteiger partial charge >= 0.3 is 6.09 Å². The van der Waals surface area contributed by atoms with Gasteiger partial charge in [0.05, 0.1) is 18.5 Å². The van der Waals surface area contributed by atoms with Crippen molar-refractivity contribution in [2.45, 2.75) is 25.8 Å². The minimum absolute atomic E-state index is 0.0161. The molecule has 3 aromatic rings.